The van der Waals surface area contributed by atoms with Gasteiger partial charge >= 0.3 is 6.03 Å². The Balaban J connectivity index is 1.39. The molecule has 5 atom stereocenters. The average molecular weight is 748 g/mol. The highest BCUT2D eigenvalue weighted by Crippen LogP contribution is 2.65. The van der Waals surface area contributed by atoms with Crippen LogP contribution in [0.4, 0.5) is 4.79 Å². The van der Waals surface area contributed by atoms with Crippen LogP contribution in [0.15, 0.2) is 0 Å². The highest BCUT2D eigenvalue weighted by Gasteiger charge is 2.70. The van der Waals surface area contributed by atoms with Crippen LogP contribution in [0.1, 0.15) is 145 Å². The van der Waals surface area contributed by atoms with E-state index >= 15 is 0 Å². The Kier molecular flexibility index (Phi) is 11.8. The Labute approximate surface area is 311 Å². The van der Waals surface area contributed by atoms with Crippen LogP contribution in [0.25, 0.3) is 0 Å². The molecule has 13 heteroatoms. The molecule has 1 aliphatic heterocycles. The summed E-state index contributed by atoms with van der Waals surface area (Å²) in [6.45, 7) is 13.6. The van der Waals surface area contributed by atoms with Gasteiger partial charge in [0.1, 0.15) is 12.1 Å². The number of hydrogen-bond acceptors (Lipinski definition) is 7. The summed E-state index contributed by atoms with van der Waals surface area (Å²) < 4.78 is 25.9. The topological polar surface area (TPSA) is 171 Å². The second-order valence-electron chi connectivity index (χ2n) is 18.7. The third-order valence-electron chi connectivity index (χ3n) is 13.2. The Morgan fingerprint density at radius 3 is 2.02 bits per heavy atom. The van der Waals surface area contributed by atoms with Gasteiger partial charge in [-0.2, -0.15) is 0 Å². The SMILES string of the molecule is CCCCC(NC(=O)[C@@H]1[C@@H]2[C@H](CN1C(=O)C(NC(=O)NC1(CS(=O)(=O)C(C)(C)C)CCCCC1)C1(C)CCCCC1)C2(C)C)C(=O)C(=O)NC1CC1. The molecule has 0 aromatic carbocycles. The number of nitrogens with zero attached hydrogens (tertiary/aromatic N) is 1. The van der Waals surface area contributed by atoms with Gasteiger partial charge in [-0.3, -0.25) is 19.2 Å². The lowest BCUT2D eigenvalue weighted by atomic mass is 9.70. The van der Waals surface area contributed by atoms with Crippen molar-refractivity contribution in [1.82, 2.24) is 26.2 Å². The van der Waals surface area contributed by atoms with Gasteiger partial charge in [-0.15, -0.1) is 0 Å². The third kappa shape index (κ3) is 8.65. The van der Waals surface area contributed by atoms with E-state index in [9.17, 15) is 32.4 Å². The second kappa shape index (κ2) is 15.2. The van der Waals surface area contributed by atoms with Gasteiger partial charge in [-0.25, -0.2) is 13.2 Å². The maximum Gasteiger partial charge on any atom is 0.315 e. The number of urea groups is 1. The number of carbonyl (C=O) groups is 5. The first kappa shape index (κ1) is 40.5. The van der Waals surface area contributed by atoms with Gasteiger partial charge in [0.15, 0.2) is 9.84 Å². The van der Waals surface area contributed by atoms with Crippen molar-refractivity contribution in [3.63, 3.8) is 0 Å². The van der Waals surface area contributed by atoms with Gasteiger partial charge in [0.05, 0.1) is 22.1 Å². The number of amides is 5. The zero-order valence-corrected chi connectivity index (χ0v) is 33.5. The molecule has 0 radical (unpaired) electrons. The van der Waals surface area contributed by atoms with E-state index in [1.54, 1.807) is 25.7 Å². The Hall–Kier alpha value is -2.70. The van der Waals surface area contributed by atoms with Crippen molar-refractivity contribution in [2.45, 2.75) is 179 Å². The first-order chi connectivity index (χ1) is 24.3. The van der Waals surface area contributed by atoms with Gasteiger partial charge in [0.2, 0.25) is 17.6 Å². The predicted molar refractivity (Wildman–Crippen MR) is 200 cm³/mol. The lowest BCUT2D eigenvalue weighted by molar-refractivity contribution is -0.146. The average Bonchev–Trinajstić information content (AvgIpc) is 3.92. The lowest BCUT2D eigenvalue weighted by Crippen LogP contribution is -2.65. The Morgan fingerprint density at radius 1 is 0.865 bits per heavy atom. The van der Waals surface area contributed by atoms with Crippen molar-refractivity contribution in [3.8, 4) is 0 Å². The van der Waals surface area contributed by atoms with Crippen LogP contribution >= 0.6 is 0 Å². The van der Waals surface area contributed by atoms with Crippen molar-refractivity contribution in [1.29, 1.82) is 0 Å². The van der Waals surface area contributed by atoms with Crippen molar-refractivity contribution < 1.29 is 32.4 Å². The molecule has 0 spiro atoms. The van der Waals surface area contributed by atoms with E-state index in [0.29, 0.717) is 32.2 Å². The van der Waals surface area contributed by atoms with Gasteiger partial charge in [-0.05, 0) is 88.4 Å². The molecule has 0 aromatic rings. The number of carbonyl (C=O) groups excluding carboxylic acids is 5. The van der Waals surface area contributed by atoms with Crippen LogP contribution in [0.3, 0.4) is 0 Å². The molecular weight excluding hydrogens is 683 g/mol. The van der Waals surface area contributed by atoms with Crippen LogP contribution in [0.5, 0.6) is 0 Å². The van der Waals surface area contributed by atoms with Crippen molar-refractivity contribution in [2.24, 2.45) is 22.7 Å². The molecule has 4 aliphatic carbocycles. The van der Waals surface area contributed by atoms with Gasteiger partial charge in [-0.1, -0.05) is 79.1 Å². The largest absolute Gasteiger partial charge is 0.347 e. The number of unbranched alkanes of at least 4 members (excludes halogenated alkanes) is 1. The van der Waals surface area contributed by atoms with Crippen LogP contribution in [-0.2, 0) is 29.0 Å². The van der Waals surface area contributed by atoms with E-state index in [4.69, 9.17) is 0 Å². The number of fused-ring (bicyclic) bond motifs is 1. The number of Topliss-reactive ketones (excluding diaryl/α,β-unsaturated/α-hetero) is 1. The fourth-order valence-electron chi connectivity index (χ4n) is 9.26. The molecule has 0 bridgehead atoms. The second-order valence-corrected chi connectivity index (χ2v) is 21.4. The van der Waals surface area contributed by atoms with E-state index in [-0.39, 0.29) is 35.0 Å². The fraction of sp³-hybridized carbons (Fsp3) is 0.872. The van der Waals surface area contributed by atoms with E-state index in [2.05, 4.69) is 35.1 Å². The minimum Gasteiger partial charge on any atom is -0.347 e. The van der Waals surface area contributed by atoms with Gasteiger partial charge < -0.3 is 26.2 Å². The normalized spacial score (nSPS) is 27.4. The molecule has 5 rings (SSSR count). The third-order valence-corrected chi connectivity index (χ3v) is 16.0. The molecule has 5 amide bonds. The molecule has 4 N–H and O–H groups in total. The maximum absolute atomic E-state index is 14.9. The van der Waals surface area contributed by atoms with Crippen LogP contribution in [-0.4, -0.2) is 89.6 Å². The number of ketones is 1. The number of rotatable bonds is 14. The van der Waals surface area contributed by atoms with Crippen LogP contribution in [0.2, 0.25) is 0 Å². The van der Waals surface area contributed by atoms with E-state index in [0.717, 1.165) is 70.6 Å². The number of hydrogen-bond donors (Lipinski definition) is 4. The zero-order chi connectivity index (χ0) is 38.3. The van der Waals surface area contributed by atoms with Gasteiger partial charge in [0.25, 0.3) is 5.91 Å². The molecular formula is C39H65N5O7S. The molecule has 1 saturated heterocycles. The Morgan fingerprint density at radius 2 is 1.46 bits per heavy atom. The summed E-state index contributed by atoms with van der Waals surface area (Å²) >= 11 is 0. The predicted octanol–water partition coefficient (Wildman–Crippen LogP) is 4.55. The van der Waals surface area contributed by atoms with E-state index in [1.807, 2.05) is 13.8 Å². The summed E-state index contributed by atoms with van der Waals surface area (Å²) in [6, 6.07) is -3.33. The van der Waals surface area contributed by atoms with Gasteiger partial charge in [0, 0.05) is 12.6 Å². The molecule has 5 aliphatic rings. The maximum atomic E-state index is 14.9. The molecule has 4 saturated carbocycles. The molecule has 2 unspecified atom stereocenters. The summed E-state index contributed by atoms with van der Waals surface area (Å²) in [4.78, 5) is 71.0. The lowest BCUT2D eigenvalue weighted by Gasteiger charge is -2.44. The van der Waals surface area contributed by atoms with Crippen molar-refractivity contribution in [2.75, 3.05) is 12.3 Å². The van der Waals surface area contributed by atoms with Crippen LogP contribution < -0.4 is 21.3 Å². The number of nitrogens with one attached hydrogen (secondary N) is 4. The molecule has 294 valence electrons. The number of likely N-dealkylation sites (tertiary alicyclic amines) is 1. The standard InChI is InChI=1S/C39H65N5O7S/c1-8-9-16-27(30(45)33(47)40-25-17-18-25)41-32(46)29-28-26(37(28,5)6)23-44(29)34(48)31(38(7)19-12-10-13-20-38)42-35(49)43-39(21-14-11-15-22-39)24-52(50,51)36(2,3)4/h25-29,31H,8-24H2,1-7H3,(H,40,47)(H,41,46)(H2,42,43,49)/t26-,27?,28-,29-,31?/m0/s1. The summed E-state index contributed by atoms with van der Waals surface area (Å²) in [5.74, 6) is -2.32. The highest BCUT2D eigenvalue weighted by molar-refractivity contribution is 7.92. The molecule has 52 heavy (non-hydrogen) atoms. The monoisotopic (exact) mass is 747 g/mol. The summed E-state index contributed by atoms with van der Waals surface area (Å²) in [7, 11) is -3.56. The smallest absolute Gasteiger partial charge is 0.315 e. The van der Waals surface area contributed by atoms with Crippen LogP contribution in [0, 0.1) is 22.7 Å². The first-order valence-corrected chi connectivity index (χ1v) is 21.7. The number of sulfone groups is 1. The molecule has 5 fully saturated rings. The fourth-order valence-corrected chi connectivity index (χ4v) is 10.8. The van der Waals surface area contributed by atoms with Crippen molar-refractivity contribution in [3.05, 3.63) is 0 Å². The van der Waals surface area contributed by atoms with E-state index < -0.39 is 67.3 Å². The molecule has 0 aromatic heterocycles. The highest BCUT2D eigenvalue weighted by atomic mass is 32.2. The van der Waals surface area contributed by atoms with Crippen molar-refractivity contribution >= 4 is 39.4 Å². The Bertz CT molecular complexity index is 1490. The summed E-state index contributed by atoms with van der Waals surface area (Å²) in [5.41, 5.74) is -1.71. The summed E-state index contributed by atoms with van der Waals surface area (Å²) in [6.07, 6.45) is 11.4. The first-order valence-electron chi connectivity index (χ1n) is 20.0. The quantitative estimate of drug-likeness (QED) is 0.189. The minimum absolute atomic E-state index is 0.00797. The molecule has 1 heterocycles. The minimum atomic E-state index is -3.56. The van der Waals surface area contributed by atoms with E-state index in [1.165, 1.54) is 0 Å². The number of piperidine rings is 1. The zero-order valence-electron chi connectivity index (χ0n) is 32.7. The molecule has 12 nitrogen and oxygen atoms in total. The summed E-state index contributed by atoms with van der Waals surface area (Å²) in [5, 5.41) is 11.8.